The van der Waals surface area contributed by atoms with Gasteiger partial charge in [0.15, 0.2) is 9.84 Å². The van der Waals surface area contributed by atoms with E-state index in [2.05, 4.69) is 9.97 Å². The largest absolute Gasteiger partial charge is 0.309 e. The van der Waals surface area contributed by atoms with Gasteiger partial charge in [0.1, 0.15) is 10.7 Å². The van der Waals surface area contributed by atoms with E-state index in [0.29, 0.717) is 29.0 Å². The maximum atomic E-state index is 12.4. The van der Waals surface area contributed by atoms with Gasteiger partial charge in [-0.1, -0.05) is 30.3 Å². The Morgan fingerprint density at radius 1 is 1.31 bits per heavy atom. The van der Waals surface area contributed by atoms with Crippen LogP contribution in [0.15, 0.2) is 41.2 Å². The Kier molecular flexibility index (Phi) is 4.42. The molecule has 1 fully saturated rings. The van der Waals surface area contributed by atoms with E-state index in [0.717, 1.165) is 10.4 Å². The highest BCUT2D eigenvalue weighted by Crippen LogP contribution is 2.30. The normalized spacial score (nSPS) is 19.4. The van der Waals surface area contributed by atoms with Crippen molar-refractivity contribution in [2.24, 2.45) is 0 Å². The number of fused-ring (bicyclic) bond motifs is 1. The number of thiophene rings is 1. The molecule has 1 aliphatic rings. The number of benzene rings is 1. The van der Waals surface area contributed by atoms with Crippen LogP contribution in [0.5, 0.6) is 0 Å². The van der Waals surface area contributed by atoms with Crippen LogP contribution in [0.4, 0.5) is 0 Å². The number of sulfone groups is 1. The number of nitrogens with zero attached hydrogens (tertiary/aromatic N) is 2. The molecule has 0 spiro atoms. The Balaban J connectivity index is 1.62. The summed E-state index contributed by atoms with van der Waals surface area (Å²) in [6.07, 6.45) is 0.627. The van der Waals surface area contributed by atoms with Crippen LogP contribution in [0.2, 0.25) is 0 Å². The second-order valence-corrected chi connectivity index (χ2v) is 9.94. The highest BCUT2D eigenvalue weighted by atomic mass is 32.2. The van der Waals surface area contributed by atoms with Crippen LogP contribution in [-0.2, 0) is 16.4 Å². The average molecular weight is 390 g/mol. The highest BCUT2D eigenvalue weighted by Gasteiger charge is 2.30. The minimum absolute atomic E-state index is 0.0239. The lowest BCUT2D eigenvalue weighted by Gasteiger charge is -2.22. The number of hydrogen-bond donors (Lipinski definition) is 1. The summed E-state index contributed by atoms with van der Waals surface area (Å²) in [6.45, 7) is 0.421. The molecule has 0 unspecified atom stereocenters. The molecule has 4 rings (SSSR count). The molecule has 2 aromatic heterocycles. The van der Waals surface area contributed by atoms with Gasteiger partial charge in [-0.15, -0.1) is 11.3 Å². The molecule has 6 nitrogen and oxygen atoms in total. The fraction of sp³-hybridized carbons (Fsp3) is 0.333. The Bertz CT molecular complexity index is 1100. The van der Waals surface area contributed by atoms with Crippen molar-refractivity contribution in [3.05, 3.63) is 52.6 Å². The van der Waals surface area contributed by atoms with Gasteiger partial charge in [-0.2, -0.15) is 0 Å². The Hall–Kier alpha value is -2.03. The lowest BCUT2D eigenvalue weighted by Crippen LogP contribution is -2.33. The van der Waals surface area contributed by atoms with Crippen molar-refractivity contribution in [3.63, 3.8) is 0 Å². The van der Waals surface area contributed by atoms with Crippen molar-refractivity contribution in [1.82, 2.24) is 14.9 Å². The number of nitrogens with one attached hydrogen (secondary N) is 1. The summed E-state index contributed by atoms with van der Waals surface area (Å²) in [6, 6.07) is 11.8. The van der Waals surface area contributed by atoms with Gasteiger partial charge in [0.05, 0.1) is 23.4 Å². The summed E-state index contributed by atoms with van der Waals surface area (Å²) in [4.78, 5) is 23.6. The minimum atomic E-state index is -2.93. The van der Waals surface area contributed by atoms with Crippen molar-refractivity contribution < 1.29 is 8.42 Å². The van der Waals surface area contributed by atoms with Crippen molar-refractivity contribution >= 4 is 31.4 Å². The van der Waals surface area contributed by atoms with E-state index in [1.807, 2.05) is 48.3 Å². The summed E-state index contributed by atoms with van der Waals surface area (Å²) >= 11 is 1.49. The maximum absolute atomic E-state index is 12.4. The zero-order valence-corrected chi connectivity index (χ0v) is 15.9. The van der Waals surface area contributed by atoms with Crippen molar-refractivity contribution in [2.45, 2.75) is 19.0 Å². The van der Waals surface area contributed by atoms with E-state index in [9.17, 15) is 13.2 Å². The van der Waals surface area contributed by atoms with E-state index in [1.54, 1.807) is 0 Å². The SMILES string of the molecule is CN(Cc1nc2sc(-c3ccccc3)cc2c(=O)[nH]1)[C@H]1CCS(=O)(=O)C1. The van der Waals surface area contributed by atoms with E-state index in [-0.39, 0.29) is 23.1 Å². The molecule has 136 valence electrons. The topological polar surface area (TPSA) is 83.1 Å². The average Bonchev–Trinajstić information content (AvgIpc) is 3.19. The minimum Gasteiger partial charge on any atom is -0.309 e. The molecule has 0 radical (unpaired) electrons. The monoisotopic (exact) mass is 389 g/mol. The number of hydrogen-bond acceptors (Lipinski definition) is 6. The highest BCUT2D eigenvalue weighted by molar-refractivity contribution is 7.91. The Labute approximate surface area is 155 Å². The molecule has 1 aliphatic heterocycles. The second-order valence-electron chi connectivity index (χ2n) is 6.68. The molecule has 1 saturated heterocycles. The first-order chi connectivity index (χ1) is 12.4. The van der Waals surface area contributed by atoms with Gasteiger partial charge in [0.25, 0.3) is 5.56 Å². The molecular weight excluding hydrogens is 370 g/mol. The third-order valence-electron chi connectivity index (χ3n) is 4.74. The summed E-state index contributed by atoms with van der Waals surface area (Å²) in [5, 5.41) is 0.587. The fourth-order valence-corrected chi connectivity index (χ4v) is 6.15. The Morgan fingerprint density at radius 2 is 2.08 bits per heavy atom. The zero-order valence-electron chi connectivity index (χ0n) is 14.3. The molecular formula is C18H19N3O3S2. The van der Waals surface area contributed by atoms with Crippen LogP contribution in [0.1, 0.15) is 12.2 Å². The number of aromatic amines is 1. The van der Waals surface area contributed by atoms with Gasteiger partial charge in [0, 0.05) is 10.9 Å². The van der Waals surface area contributed by atoms with Crippen molar-refractivity contribution in [2.75, 3.05) is 18.6 Å². The third-order valence-corrected chi connectivity index (χ3v) is 7.57. The number of rotatable bonds is 4. The van der Waals surface area contributed by atoms with Crippen LogP contribution in [-0.4, -0.2) is 47.9 Å². The molecule has 0 aliphatic carbocycles. The van der Waals surface area contributed by atoms with E-state index in [1.165, 1.54) is 11.3 Å². The lowest BCUT2D eigenvalue weighted by atomic mass is 10.2. The third kappa shape index (κ3) is 3.44. The van der Waals surface area contributed by atoms with Gasteiger partial charge in [-0.25, -0.2) is 13.4 Å². The molecule has 1 N–H and O–H groups in total. The molecule has 3 heterocycles. The summed E-state index contributed by atoms with van der Waals surface area (Å²) in [5.41, 5.74) is 0.903. The van der Waals surface area contributed by atoms with Gasteiger partial charge in [-0.05, 0) is 25.1 Å². The van der Waals surface area contributed by atoms with Crippen molar-refractivity contribution in [1.29, 1.82) is 0 Å². The number of aromatic nitrogens is 2. The first-order valence-corrected chi connectivity index (χ1v) is 11.0. The van der Waals surface area contributed by atoms with E-state index >= 15 is 0 Å². The standard InChI is InChI=1S/C18H19N3O3S2/c1-21(13-7-8-26(23,24)11-13)10-16-19-17(22)14-9-15(25-18(14)20-16)12-5-3-2-4-6-12/h2-6,9,13H,7-8,10-11H2,1H3,(H,19,20,22)/t13-/m0/s1. The van der Waals surface area contributed by atoms with E-state index < -0.39 is 9.84 Å². The second kappa shape index (κ2) is 6.61. The summed E-state index contributed by atoms with van der Waals surface area (Å²) < 4.78 is 23.3. The Morgan fingerprint density at radius 3 is 2.77 bits per heavy atom. The van der Waals surface area contributed by atoms with Crippen molar-refractivity contribution in [3.8, 4) is 10.4 Å². The molecule has 1 aromatic carbocycles. The predicted octanol–water partition coefficient (Wildman–Crippen LogP) is 2.27. The van der Waals surface area contributed by atoms with E-state index in [4.69, 9.17) is 0 Å². The van der Waals surface area contributed by atoms with Crippen LogP contribution >= 0.6 is 11.3 Å². The van der Waals surface area contributed by atoms with Gasteiger partial charge in [0.2, 0.25) is 0 Å². The molecule has 1 atom stereocenters. The zero-order chi connectivity index (χ0) is 18.3. The van der Waals surface area contributed by atoms with Crippen LogP contribution in [0.3, 0.4) is 0 Å². The molecule has 0 amide bonds. The van der Waals surface area contributed by atoms with Gasteiger partial charge in [-0.3, -0.25) is 9.69 Å². The van der Waals surface area contributed by atoms with Crippen LogP contribution < -0.4 is 5.56 Å². The molecule has 8 heteroatoms. The van der Waals surface area contributed by atoms with Crippen LogP contribution in [0, 0.1) is 0 Å². The maximum Gasteiger partial charge on any atom is 0.259 e. The number of H-pyrrole nitrogens is 1. The van der Waals surface area contributed by atoms with Gasteiger partial charge >= 0.3 is 0 Å². The van der Waals surface area contributed by atoms with Crippen LogP contribution in [0.25, 0.3) is 20.7 Å². The summed E-state index contributed by atoms with van der Waals surface area (Å²) in [5.74, 6) is 0.972. The first-order valence-electron chi connectivity index (χ1n) is 8.40. The molecule has 0 saturated carbocycles. The quantitative estimate of drug-likeness (QED) is 0.740. The molecule has 0 bridgehead atoms. The smallest absolute Gasteiger partial charge is 0.259 e. The first kappa shape index (κ1) is 17.4. The predicted molar refractivity (Wildman–Crippen MR) is 104 cm³/mol. The lowest BCUT2D eigenvalue weighted by molar-refractivity contribution is 0.248. The molecule has 26 heavy (non-hydrogen) atoms. The fourth-order valence-electron chi connectivity index (χ4n) is 3.28. The molecule has 3 aromatic rings. The van der Waals surface area contributed by atoms with Gasteiger partial charge < -0.3 is 4.98 Å². The summed E-state index contributed by atoms with van der Waals surface area (Å²) in [7, 11) is -1.06.